The summed E-state index contributed by atoms with van der Waals surface area (Å²) in [5.74, 6) is -1.23. The molecule has 0 aromatic heterocycles. The molecule has 5 heteroatoms. The fourth-order valence-corrected chi connectivity index (χ4v) is 2.02. The zero-order valence-corrected chi connectivity index (χ0v) is 10.8. The molecule has 1 aromatic carbocycles. The molecule has 0 bridgehead atoms. The van der Waals surface area contributed by atoms with Crippen LogP contribution in [0, 0.1) is 11.8 Å². The van der Waals surface area contributed by atoms with Crippen molar-refractivity contribution in [3.05, 3.63) is 29.8 Å². The van der Waals surface area contributed by atoms with Crippen molar-refractivity contribution in [1.82, 2.24) is 5.32 Å². The minimum Gasteiger partial charge on any atom is -0.494 e. The van der Waals surface area contributed by atoms with E-state index < -0.39 is 11.9 Å². The molecule has 1 aliphatic rings. The number of rotatable bonds is 6. The maximum atomic E-state index is 11.7. The highest BCUT2D eigenvalue weighted by atomic mass is 16.5. The highest BCUT2D eigenvalue weighted by Gasteiger charge is 2.48. The molecule has 0 heterocycles. The van der Waals surface area contributed by atoms with E-state index in [2.05, 4.69) is 5.32 Å². The molecule has 5 nitrogen and oxygen atoms in total. The average molecular weight is 263 g/mol. The highest BCUT2D eigenvalue weighted by molar-refractivity contribution is 5.89. The first-order valence-electron chi connectivity index (χ1n) is 6.34. The lowest BCUT2D eigenvalue weighted by Gasteiger charge is -2.10. The number of aliphatic carboxylic acids is 1. The molecule has 2 atom stereocenters. The number of para-hydroxylation sites is 1. The molecule has 2 rings (SSSR count). The first-order valence-corrected chi connectivity index (χ1v) is 6.34. The van der Waals surface area contributed by atoms with Crippen LogP contribution in [0.1, 0.15) is 18.9 Å². The van der Waals surface area contributed by atoms with Gasteiger partial charge in [-0.05, 0) is 19.4 Å². The Morgan fingerprint density at radius 2 is 2.11 bits per heavy atom. The van der Waals surface area contributed by atoms with Gasteiger partial charge in [0, 0.05) is 12.1 Å². The molecule has 1 aliphatic carbocycles. The van der Waals surface area contributed by atoms with E-state index in [-0.39, 0.29) is 11.8 Å². The monoisotopic (exact) mass is 263 g/mol. The first kappa shape index (κ1) is 13.4. The third-order valence-corrected chi connectivity index (χ3v) is 3.17. The van der Waals surface area contributed by atoms with Gasteiger partial charge in [0.05, 0.1) is 18.4 Å². The molecule has 1 saturated carbocycles. The summed E-state index contributed by atoms with van der Waals surface area (Å²) < 4.78 is 5.46. The highest BCUT2D eigenvalue weighted by Crippen LogP contribution is 2.38. The Bertz CT molecular complexity index is 486. The standard InChI is InChI=1S/C14H17NO4/c1-2-19-12-6-4-3-5-9(12)8-15-13(16)10-7-11(10)14(17)18/h3-6,10-11H,2,7-8H2,1H3,(H,15,16)(H,17,18)/t10-,11+/m1/s1. The Labute approximate surface area is 111 Å². The summed E-state index contributed by atoms with van der Waals surface area (Å²) in [6.07, 6.45) is 0.439. The molecule has 1 amide bonds. The molecule has 19 heavy (non-hydrogen) atoms. The van der Waals surface area contributed by atoms with E-state index in [0.29, 0.717) is 19.6 Å². The number of ether oxygens (including phenoxy) is 1. The van der Waals surface area contributed by atoms with Gasteiger partial charge < -0.3 is 15.2 Å². The number of carbonyl (C=O) groups excluding carboxylic acids is 1. The second-order valence-electron chi connectivity index (χ2n) is 4.55. The molecule has 0 radical (unpaired) electrons. The lowest BCUT2D eigenvalue weighted by atomic mass is 10.2. The van der Waals surface area contributed by atoms with Gasteiger partial charge in [-0.1, -0.05) is 18.2 Å². The van der Waals surface area contributed by atoms with Gasteiger partial charge in [0.25, 0.3) is 0 Å². The van der Waals surface area contributed by atoms with Crippen molar-refractivity contribution in [2.24, 2.45) is 11.8 Å². The van der Waals surface area contributed by atoms with Gasteiger partial charge in [0.2, 0.25) is 5.91 Å². The predicted molar refractivity (Wildman–Crippen MR) is 68.7 cm³/mol. The Kier molecular flexibility index (Phi) is 4.04. The predicted octanol–water partition coefficient (Wildman–Crippen LogP) is 1.42. The van der Waals surface area contributed by atoms with E-state index >= 15 is 0 Å². The summed E-state index contributed by atoms with van der Waals surface area (Å²) >= 11 is 0. The average Bonchev–Trinajstić information content (AvgIpc) is 3.18. The van der Waals surface area contributed by atoms with Gasteiger partial charge in [-0.15, -0.1) is 0 Å². The van der Waals surface area contributed by atoms with E-state index in [9.17, 15) is 9.59 Å². The van der Waals surface area contributed by atoms with Gasteiger partial charge in [-0.25, -0.2) is 0 Å². The van der Waals surface area contributed by atoms with E-state index in [1.807, 2.05) is 31.2 Å². The van der Waals surface area contributed by atoms with Gasteiger partial charge in [0.15, 0.2) is 0 Å². The summed E-state index contributed by atoms with van der Waals surface area (Å²) in [6, 6.07) is 7.48. The quantitative estimate of drug-likeness (QED) is 0.814. The van der Waals surface area contributed by atoms with Gasteiger partial charge >= 0.3 is 5.97 Å². The number of carboxylic acid groups (broad SMARTS) is 1. The summed E-state index contributed by atoms with van der Waals surface area (Å²) in [7, 11) is 0. The normalized spacial score (nSPS) is 20.7. The van der Waals surface area contributed by atoms with Crippen LogP contribution < -0.4 is 10.1 Å². The van der Waals surface area contributed by atoms with Crippen LogP contribution in [0.5, 0.6) is 5.75 Å². The van der Waals surface area contributed by atoms with Crippen LogP contribution in [0.4, 0.5) is 0 Å². The second-order valence-corrected chi connectivity index (χ2v) is 4.55. The topological polar surface area (TPSA) is 75.6 Å². The number of amides is 1. The third-order valence-electron chi connectivity index (χ3n) is 3.17. The molecule has 0 spiro atoms. The molecular weight excluding hydrogens is 246 g/mol. The van der Waals surface area contributed by atoms with Crippen molar-refractivity contribution >= 4 is 11.9 Å². The molecular formula is C14H17NO4. The van der Waals surface area contributed by atoms with E-state index in [0.717, 1.165) is 11.3 Å². The van der Waals surface area contributed by atoms with Crippen LogP contribution in [0.3, 0.4) is 0 Å². The summed E-state index contributed by atoms with van der Waals surface area (Å²) in [4.78, 5) is 22.4. The van der Waals surface area contributed by atoms with Crippen LogP contribution in [-0.4, -0.2) is 23.6 Å². The Morgan fingerprint density at radius 1 is 1.37 bits per heavy atom. The van der Waals surface area contributed by atoms with Crippen molar-refractivity contribution in [1.29, 1.82) is 0 Å². The van der Waals surface area contributed by atoms with Crippen molar-refractivity contribution in [3.8, 4) is 5.75 Å². The maximum absolute atomic E-state index is 11.7. The van der Waals surface area contributed by atoms with Crippen LogP contribution in [0.15, 0.2) is 24.3 Å². The van der Waals surface area contributed by atoms with Gasteiger partial charge in [0.1, 0.15) is 5.75 Å². The number of carbonyl (C=O) groups is 2. The molecule has 1 aromatic rings. The van der Waals surface area contributed by atoms with Crippen molar-refractivity contribution < 1.29 is 19.4 Å². The first-order chi connectivity index (χ1) is 9.13. The smallest absolute Gasteiger partial charge is 0.307 e. The van der Waals surface area contributed by atoms with Gasteiger partial charge in [-0.2, -0.15) is 0 Å². The number of hydrogen-bond donors (Lipinski definition) is 2. The van der Waals surface area contributed by atoms with Gasteiger partial charge in [-0.3, -0.25) is 9.59 Å². The Balaban J connectivity index is 1.89. The molecule has 0 aliphatic heterocycles. The summed E-state index contributed by atoms with van der Waals surface area (Å²) in [6.45, 7) is 2.82. The second kappa shape index (κ2) is 5.73. The summed E-state index contributed by atoms with van der Waals surface area (Å²) in [5, 5.41) is 11.5. The maximum Gasteiger partial charge on any atom is 0.307 e. The molecule has 0 saturated heterocycles. The fourth-order valence-electron chi connectivity index (χ4n) is 2.02. The van der Waals surface area contributed by atoms with E-state index in [1.165, 1.54) is 0 Å². The Hall–Kier alpha value is -2.04. The minimum atomic E-state index is -0.894. The van der Waals surface area contributed by atoms with Crippen LogP contribution in [0.2, 0.25) is 0 Å². The molecule has 102 valence electrons. The zero-order chi connectivity index (χ0) is 13.8. The van der Waals surface area contributed by atoms with Crippen molar-refractivity contribution in [2.45, 2.75) is 19.9 Å². The van der Waals surface area contributed by atoms with E-state index in [1.54, 1.807) is 0 Å². The van der Waals surface area contributed by atoms with Crippen LogP contribution in [-0.2, 0) is 16.1 Å². The number of nitrogens with one attached hydrogen (secondary N) is 1. The largest absolute Gasteiger partial charge is 0.494 e. The third kappa shape index (κ3) is 3.24. The lowest BCUT2D eigenvalue weighted by Crippen LogP contribution is -2.26. The molecule has 1 fully saturated rings. The van der Waals surface area contributed by atoms with Crippen LogP contribution >= 0.6 is 0 Å². The number of hydrogen-bond acceptors (Lipinski definition) is 3. The molecule has 0 unspecified atom stereocenters. The van der Waals surface area contributed by atoms with Crippen molar-refractivity contribution in [2.75, 3.05) is 6.61 Å². The fraction of sp³-hybridized carbons (Fsp3) is 0.429. The zero-order valence-electron chi connectivity index (χ0n) is 10.8. The number of benzene rings is 1. The van der Waals surface area contributed by atoms with Crippen LogP contribution in [0.25, 0.3) is 0 Å². The lowest BCUT2D eigenvalue weighted by molar-refractivity contribution is -0.140. The van der Waals surface area contributed by atoms with Crippen molar-refractivity contribution in [3.63, 3.8) is 0 Å². The molecule has 2 N–H and O–H groups in total. The van der Waals surface area contributed by atoms with E-state index in [4.69, 9.17) is 9.84 Å². The SMILES string of the molecule is CCOc1ccccc1CNC(=O)[C@@H]1C[C@@H]1C(=O)O. The number of carboxylic acids is 1. The minimum absolute atomic E-state index is 0.196. The Morgan fingerprint density at radius 3 is 2.74 bits per heavy atom. The summed E-state index contributed by atoms with van der Waals surface area (Å²) in [5.41, 5.74) is 0.894.